The van der Waals surface area contributed by atoms with E-state index >= 15 is 0 Å². The largest absolute Gasteiger partial charge is 0.383 e. The van der Waals surface area contributed by atoms with Crippen LogP contribution in [0.15, 0.2) is 60.7 Å². The van der Waals surface area contributed by atoms with Crippen LogP contribution < -0.4 is 10.6 Å². The highest BCUT2D eigenvalue weighted by molar-refractivity contribution is 5.89. The second-order valence-corrected chi connectivity index (χ2v) is 8.94. The van der Waals surface area contributed by atoms with Gasteiger partial charge >= 0.3 is 6.03 Å². The van der Waals surface area contributed by atoms with Gasteiger partial charge in [-0.05, 0) is 29.7 Å². The van der Waals surface area contributed by atoms with Gasteiger partial charge in [-0.25, -0.2) is 13.9 Å². The number of carbonyl (C=O) groups is 1. The minimum absolute atomic E-state index is 0.158. The second-order valence-electron chi connectivity index (χ2n) is 8.94. The Morgan fingerprint density at radius 3 is 2.59 bits per heavy atom. The Kier molecular flexibility index (Phi) is 7.59. The number of likely N-dealkylation sites (tertiary alicyclic amines) is 1. The third-order valence-electron chi connectivity index (χ3n) is 6.19. The highest BCUT2D eigenvalue weighted by atomic mass is 19.1. The Morgan fingerprint density at radius 1 is 1.15 bits per heavy atom. The van der Waals surface area contributed by atoms with Crippen LogP contribution in [0, 0.1) is 5.82 Å². The number of urea groups is 1. The molecule has 0 saturated carbocycles. The SMILES string of the molecule is COCCN1CC(NC(=O)Nc2cc(C(C)C)nn2-c2ccccc2)C(c2ccccc2F)C1. The number of hydrogen-bond donors (Lipinski definition) is 2. The summed E-state index contributed by atoms with van der Waals surface area (Å²) in [5, 5.41) is 10.7. The maximum atomic E-state index is 14.6. The summed E-state index contributed by atoms with van der Waals surface area (Å²) in [7, 11) is 1.66. The maximum Gasteiger partial charge on any atom is 0.320 e. The van der Waals surface area contributed by atoms with E-state index in [9.17, 15) is 9.18 Å². The first-order valence-corrected chi connectivity index (χ1v) is 11.6. The number of nitrogens with one attached hydrogen (secondary N) is 2. The summed E-state index contributed by atoms with van der Waals surface area (Å²) in [4.78, 5) is 15.3. The zero-order valence-corrected chi connectivity index (χ0v) is 19.9. The van der Waals surface area contributed by atoms with Gasteiger partial charge in [0.1, 0.15) is 11.6 Å². The van der Waals surface area contributed by atoms with Gasteiger partial charge in [0.15, 0.2) is 0 Å². The molecule has 1 aliphatic heterocycles. The predicted octanol–water partition coefficient (Wildman–Crippen LogP) is 4.37. The van der Waals surface area contributed by atoms with Crippen LogP contribution in [0.25, 0.3) is 5.69 Å². The number of para-hydroxylation sites is 1. The van der Waals surface area contributed by atoms with Crippen LogP contribution in [-0.4, -0.2) is 60.1 Å². The van der Waals surface area contributed by atoms with Crippen molar-refractivity contribution >= 4 is 11.8 Å². The molecular formula is C26H32FN5O2. The molecule has 1 aliphatic rings. The Balaban J connectivity index is 1.53. The summed E-state index contributed by atoms with van der Waals surface area (Å²) in [6.07, 6.45) is 0. The summed E-state index contributed by atoms with van der Waals surface area (Å²) in [5.74, 6) is 0.387. The molecule has 2 aromatic carbocycles. The van der Waals surface area contributed by atoms with E-state index in [-0.39, 0.29) is 29.7 Å². The molecule has 2 unspecified atom stereocenters. The van der Waals surface area contributed by atoms with Crippen molar-refractivity contribution in [3.05, 3.63) is 77.7 Å². The number of hydrogen-bond acceptors (Lipinski definition) is 4. The molecule has 4 rings (SSSR count). The number of amides is 2. The Morgan fingerprint density at radius 2 is 1.88 bits per heavy atom. The van der Waals surface area contributed by atoms with Crippen molar-refractivity contribution in [2.45, 2.75) is 31.7 Å². The van der Waals surface area contributed by atoms with E-state index < -0.39 is 0 Å². The molecule has 0 aliphatic carbocycles. The van der Waals surface area contributed by atoms with E-state index in [4.69, 9.17) is 4.74 Å². The smallest absolute Gasteiger partial charge is 0.320 e. The monoisotopic (exact) mass is 465 g/mol. The van der Waals surface area contributed by atoms with Crippen LogP contribution in [0.5, 0.6) is 0 Å². The van der Waals surface area contributed by atoms with Crippen LogP contribution >= 0.6 is 0 Å². The van der Waals surface area contributed by atoms with Gasteiger partial charge < -0.3 is 10.1 Å². The zero-order chi connectivity index (χ0) is 24.1. The molecule has 2 amide bonds. The number of methoxy groups -OCH3 is 1. The zero-order valence-electron chi connectivity index (χ0n) is 19.9. The van der Waals surface area contributed by atoms with Crippen LogP contribution in [0.1, 0.15) is 36.9 Å². The Hall–Kier alpha value is -3.23. The van der Waals surface area contributed by atoms with Gasteiger partial charge in [-0.3, -0.25) is 10.2 Å². The highest BCUT2D eigenvalue weighted by Crippen LogP contribution is 2.30. The average Bonchev–Trinajstić information content (AvgIpc) is 3.43. The van der Waals surface area contributed by atoms with E-state index in [1.807, 2.05) is 42.5 Å². The molecule has 1 fully saturated rings. The van der Waals surface area contributed by atoms with Gasteiger partial charge in [-0.1, -0.05) is 50.2 Å². The normalized spacial score (nSPS) is 18.4. The van der Waals surface area contributed by atoms with Crippen LogP contribution in [0.4, 0.5) is 15.0 Å². The van der Waals surface area contributed by atoms with Gasteiger partial charge in [0, 0.05) is 38.7 Å². The summed E-state index contributed by atoms with van der Waals surface area (Å²) in [6, 6.07) is 17.8. The van der Waals surface area contributed by atoms with E-state index in [0.29, 0.717) is 31.1 Å². The molecule has 2 N–H and O–H groups in total. The lowest BCUT2D eigenvalue weighted by atomic mass is 9.94. The average molecular weight is 466 g/mol. The quantitative estimate of drug-likeness (QED) is 0.518. The molecule has 8 heteroatoms. The van der Waals surface area contributed by atoms with Crippen molar-refractivity contribution in [1.29, 1.82) is 0 Å². The standard InChI is InChI=1S/C26H32FN5O2/c1-18(2)23-15-25(32(30-23)19-9-5-4-6-10-19)29-26(33)28-24-17-31(13-14-34-3)16-21(24)20-11-7-8-12-22(20)27/h4-12,15,18,21,24H,13-14,16-17H2,1-3H3,(H2,28,29,33). The molecule has 1 saturated heterocycles. The molecule has 180 valence electrons. The van der Waals surface area contributed by atoms with Crippen molar-refractivity contribution in [3.8, 4) is 5.69 Å². The van der Waals surface area contributed by atoms with Gasteiger partial charge in [0.05, 0.1) is 24.0 Å². The lowest BCUT2D eigenvalue weighted by Gasteiger charge is -2.21. The molecule has 7 nitrogen and oxygen atoms in total. The first kappa shape index (κ1) is 23.9. The third-order valence-corrected chi connectivity index (χ3v) is 6.19. The van der Waals surface area contributed by atoms with Crippen LogP contribution in [-0.2, 0) is 4.74 Å². The molecule has 2 atom stereocenters. The fraction of sp³-hybridized carbons (Fsp3) is 0.385. The number of nitrogens with zero attached hydrogens (tertiary/aromatic N) is 3. The predicted molar refractivity (Wildman–Crippen MR) is 131 cm³/mol. The number of ether oxygens (including phenoxy) is 1. The highest BCUT2D eigenvalue weighted by Gasteiger charge is 2.36. The number of halogens is 1. The fourth-order valence-corrected chi connectivity index (χ4v) is 4.38. The Bertz CT molecular complexity index is 1100. The van der Waals surface area contributed by atoms with Gasteiger partial charge in [-0.15, -0.1) is 0 Å². The topological polar surface area (TPSA) is 71.4 Å². The molecule has 3 aromatic rings. The molecule has 1 aromatic heterocycles. The van der Waals surface area contributed by atoms with Gasteiger partial charge in [0.2, 0.25) is 0 Å². The van der Waals surface area contributed by atoms with Crippen molar-refractivity contribution < 1.29 is 13.9 Å². The summed E-state index contributed by atoms with van der Waals surface area (Å²) < 4.78 is 21.6. The molecule has 0 spiro atoms. The second kappa shape index (κ2) is 10.8. The lowest BCUT2D eigenvalue weighted by Crippen LogP contribution is -2.42. The van der Waals surface area contributed by atoms with Crippen LogP contribution in [0.3, 0.4) is 0 Å². The van der Waals surface area contributed by atoms with Crippen molar-refractivity contribution in [2.24, 2.45) is 0 Å². The number of carbonyl (C=O) groups excluding carboxylic acids is 1. The fourth-order valence-electron chi connectivity index (χ4n) is 4.38. The number of anilines is 1. The van der Waals surface area contributed by atoms with E-state index in [0.717, 1.165) is 17.9 Å². The maximum absolute atomic E-state index is 14.6. The molecule has 2 heterocycles. The first-order chi connectivity index (χ1) is 16.5. The van der Waals surface area contributed by atoms with Crippen molar-refractivity contribution in [2.75, 3.05) is 38.7 Å². The van der Waals surface area contributed by atoms with Gasteiger partial charge in [-0.2, -0.15) is 5.10 Å². The van der Waals surface area contributed by atoms with Crippen molar-refractivity contribution in [3.63, 3.8) is 0 Å². The number of benzene rings is 2. The Labute approximate surface area is 199 Å². The number of rotatable bonds is 8. The number of aromatic nitrogens is 2. The first-order valence-electron chi connectivity index (χ1n) is 11.6. The molecule has 0 radical (unpaired) electrons. The molecular weight excluding hydrogens is 433 g/mol. The summed E-state index contributed by atoms with van der Waals surface area (Å²) in [6.45, 7) is 6.69. The molecule has 34 heavy (non-hydrogen) atoms. The third kappa shape index (κ3) is 5.46. The lowest BCUT2D eigenvalue weighted by molar-refractivity contribution is 0.159. The van der Waals surface area contributed by atoms with Crippen LogP contribution in [0.2, 0.25) is 0 Å². The van der Waals surface area contributed by atoms with Gasteiger partial charge in [0.25, 0.3) is 0 Å². The molecule has 0 bridgehead atoms. The summed E-state index contributed by atoms with van der Waals surface area (Å²) >= 11 is 0. The van der Waals surface area contributed by atoms with E-state index in [1.54, 1.807) is 23.9 Å². The van der Waals surface area contributed by atoms with Crippen molar-refractivity contribution in [1.82, 2.24) is 20.0 Å². The van der Waals surface area contributed by atoms with E-state index in [1.165, 1.54) is 6.07 Å². The van der Waals surface area contributed by atoms with E-state index in [2.05, 4.69) is 34.5 Å². The summed E-state index contributed by atoms with van der Waals surface area (Å²) in [5.41, 5.74) is 2.36. The minimum Gasteiger partial charge on any atom is -0.383 e. The minimum atomic E-state index is -0.340.